The number of primary amides is 1. The molecule has 32 heteroatoms. The highest BCUT2D eigenvalue weighted by Crippen LogP contribution is 2.18. The van der Waals surface area contributed by atoms with Crippen molar-refractivity contribution in [2.24, 2.45) is 71.6 Å². The summed E-state index contributed by atoms with van der Waals surface area (Å²) in [6.07, 6.45) is 0.501. The lowest BCUT2D eigenvalue weighted by molar-refractivity contribution is -0.135. The van der Waals surface area contributed by atoms with Gasteiger partial charge in [0.1, 0.15) is 48.3 Å². The van der Waals surface area contributed by atoms with Crippen LogP contribution in [-0.4, -0.2) is 164 Å². The number of fused-ring (bicyclic) bond motifs is 1. The fourth-order valence-electron chi connectivity index (χ4n) is 9.98. The molecular weight excluding hydrogens is 1200 g/mol. The molecule has 1 aliphatic heterocycles. The maximum Gasteiger partial charge on any atom is 0.243 e. The Kier molecular flexibility index (Phi) is 32.7. The van der Waals surface area contributed by atoms with E-state index in [4.69, 9.17) is 51.6 Å². The lowest BCUT2D eigenvalue weighted by atomic mass is 9.99. The number of nitrogens with one attached hydrogen (secondary N) is 9. The van der Waals surface area contributed by atoms with Crippen molar-refractivity contribution in [2.45, 2.75) is 164 Å². The molecule has 32 nitrogen and oxygen atoms in total. The zero-order valence-electron chi connectivity index (χ0n) is 52.7. The van der Waals surface area contributed by atoms with Crippen LogP contribution in [0, 0.1) is 0 Å². The molecule has 1 aliphatic rings. The third kappa shape index (κ3) is 29.0. The van der Waals surface area contributed by atoms with Crippen molar-refractivity contribution >= 4 is 93.7 Å². The Labute approximate surface area is 540 Å². The number of amides is 10. The maximum absolute atomic E-state index is 15.1. The van der Waals surface area contributed by atoms with Crippen LogP contribution in [0.5, 0.6) is 0 Å². The zero-order valence-corrected chi connectivity index (χ0v) is 52.7. The normalized spacial score (nSPS) is 19.6. The smallest absolute Gasteiger partial charge is 0.243 e. The third-order valence-corrected chi connectivity index (χ3v) is 14.8. The van der Waals surface area contributed by atoms with Crippen molar-refractivity contribution in [1.82, 2.24) is 47.9 Å². The number of guanidine groups is 4. The minimum absolute atomic E-state index is 0.00624. The standard InChI is InChI=1S/C61H94N22O10/c1-2-14-49(85)76-40(50(62)86)19-8-9-28-71-48(84)27-26-45-55(91)82-46(34-36-15-4-3-5-16-36)57(93)83-47(35-37-24-25-38-17-6-7-18-39(38)33-37)56(92)80-44(23-13-32-75-61(69)70)53(89)78-42(21-11-30-73-59(65)66)51(87)77-41(20-10-29-72-58(63)64)52(88)79-43(54(90)81-45)22-12-31-74-60(67)68/h3-7,15-18,24-25,33,40-47H,2,8-14,19-23,26-32,34-35H2,1H3,(H2,62,86)(H,71,84)(H,76,85)(H,77,87)(H,78,89)(H,79,88)(H,80,92)(H,81,90)(H,82,91)(H,83,93)(H4,63,64,72)(H4,65,66,73)(H4,67,68,74)(H4,69,70,75)/t40-,41-,42+,43+,44-,45-,46+,47-/m0/s1. The molecule has 8 atom stereocenters. The van der Waals surface area contributed by atoms with E-state index in [-0.39, 0.29) is 152 Å². The molecule has 1 heterocycles. The number of unbranched alkanes of at least 4 members (excludes halogenated alkanes) is 1. The van der Waals surface area contributed by atoms with E-state index >= 15 is 14.4 Å². The van der Waals surface area contributed by atoms with Gasteiger partial charge >= 0.3 is 0 Å². The lowest BCUT2D eigenvalue weighted by Crippen LogP contribution is -2.60. The van der Waals surface area contributed by atoms with Gasteiger partial charge in [-0.15, -0.1) is 0 Å². The molecule has 27 N–H and O–H groups in total. The van der Waals surface area contributed by atoms with Gasteiger partial charge < -0.3 is 99.5 Å². The van der Waals surface area contributed by atoms with Gasteiger partial charge in [0.25, 0.3) is 0 Å². The number of nitrogens with zero attached hydrogens (tertiary/aromatic N) is 4. The highest BCUT2D eigenvalue weighted by Gasteiger charge is 2.36. The number of nitrogens with two attached hydrogens (primary N) is 9. The van der Waals surface area contributed by atoms with Crippen LogP contribution in [0.1, 0.15) is 114 Å². The minimum Gasteiger partial charge on any atom is -0.370 e. The van der Waals surface area contributed by atoms with Crippen molar-refractivity contribution in [2.75, 3.05) is 32.7 Å². The van der Waals surface area contributed by atoms with E-state index in [9.17, 15) is 33.6 Å². The SMILES string of the molecule is CCCC(=O)N[C@@H](CCCCNC(=O)CC[C@@H]1NC(=O)[C@@H](CCCN=C(N)N)NC(=O)[C@H](CCCN=C(N)N)NC(=O)[C@@H](CCCN=C(N)N)NC(=O)[C@H](CCCN=C(N)N)NC(=O)[C@H](Cc2ccc3ccccc3c2)NC(=O)[C@@H](Cc2ccccc2)NC1=O)C(N)=O. The van der Waals surface area contributed by atoms with Gasteiger partial charge in [0.15, 0.2) is 23.8 Å². The molecule has 4 rings (SSSR count). The number of carbonyl (C=O) groups excluding carboxylic acids is 10. The van der Waals surface area contributed by atoms with Gasteiger partial charge in [-0.25, -0.2) is 0 Å². The van der Waals surface area contributed by atoms with Gasteiger partial charge in [-0.3, -0.25) is 67.9 Å². The summed E-state index contributed by atoms with van der Waals surface area (Å²) in [7, 11) is 0. The van der Waals surface area contributed by atoms with Crippen LogP contribution in [0.2, 0.25) is 0 Å². The van der Waals surface area contributed by atoms with E-state index in [2.05, 4.69) is 67.8 Å². The molecule has 0 spiro atoms. The molecule has 0 bridgehead atoms. The first kappa shape index (κ1) is 75.2. The first-order chi connectivity index (χ1) is 44.4. The third-order valence-electron chi connectivity index (χ3n) is 14.8. The van der Waals surface area contributed by atoms with Gasteiger partial charge in [-0.05, 0) is 105 Å². The quantitative estimate of drug-likeness (QED) is 0.0161. The van der Waals surface area contributed by atoms with Gasteiger partial charge in [-0.1, -0.05) is 79.7 Å². The van der Waals surface area contributed by atoms with Crippen molar-refractivity contribution in [1.29, 1.82) is 0 Å². The number of rotatable bonds is 32. The Hall–Kier alpha value is -10.3. The molecule has 1 saturated heterocycles. The van der Waals surface area contributed by atoms with Crippen LogP contribution in [-0.2, 0) is 60.8 Å². The van der Waals surface area contributed by atoms with E-state index in [0.717, 1.165) is 10.8 Å². The van der Waals surface area contributed by atoms with E-state index in [0.29, 0.717) is 30.4 Å². The number of hydrogen-bond donors (Lipinski definition) is 18. The van der Waals surface area contributed by atoms with Gasteiger partial charge in [-0.2, -0.15) is 0 Å². The Morgan fingerprint density at radius 2 is 0.796 bits per heavy atom. The van der Waals surface area contributed by atoms with Crippen LogP contribution in [0.4, 0.5) is 0 Å². The maximum atomic E-state index is 15.1. The molecule has 0 unspecified atom stereocenters. The van der Waals surface area contributed by atoms with Crippen molar-refractivity contribution in [3.8, 4) is 0 Å². The molecule has 0 aromatic heterocycles. The van der Waals surface area contributed by atoms with Crippen molar-refractivity contribution in [3.05, 3.63) is 83.9 Å². The monoisotopic (exact) mass is 1290 g/mol. The molecule has 0 aliphatic carbocycles. The number of benzene rings is 3. The van der Waals surface area contributed by atoms with E-state index in [1.807, 2.05) is 43.3 Å². The van der Waals surface area contributed by atoms with Crippen LogP contribution in [0.15, 0.2) is 92.8 Å². The summed E-state index contributed by atoms with van der Waals surface area (Å²) in [4.78, 5) is 158. The first-order valence-corrected chi connectivity index (χ1v) is 31.1. The van der Waals surface area contributed by atoms with E-state index in [1.54, 1.807) is 36.4 Å². The molecule has 1 fully saturated rings. The second-order valence-corrected chi connectivity index (χ2v) is 22.5. The molecule has 3 aromatic rings. The average molecular weight is 1300 g/mol. The molecule has 3 aromatic carbocycles. The van der Waals surface area contributed by atoms with Gasteiger partial charge in [0.05, 0.1) is 0 Å². The average Bonchev–Trinajstić information content (AvgIpc) is 1.16. The van der Waals surface area contributed by atoms with Crippen LogP contribution >= 0.6 is 0 Å². The van der Waals surface area contributed by atoms with Crippen molar-refractivity contribution in [3.63, 3.8) is 0 Å². The van der Waals surface area contributed by atoms with Crippen molar-refractivity contribution < 1.29 is 47.9 Å². The summed E-state index contributed by atoms with van der Waals surface area (Å²) in [6.45, 7) is 1.92. The fraction of sp³-hybridized carbons (Fsp3) is 0.508. The predicted octanol–water partition coefficient (Wildman–Crippen LogP) is -3.92. The molecule has 93 heavy (non-hydrogen) atoms. The summed E-state index contributed by atoms with van der Waals surface area (Å²) >= 11 is 0. The largest absolute Gasteiger partial charge is 0.370 e. The van der Waals surface area contributed by atoms with Crippen LogP contribution in [0.25, 0.3) is 10.8 Å². The summed E-state index contributed by atoms with van der Waals surface area (Å²) < 4.78 is 0. The van der Waals surface area contributed by atoms with Gasteiger partial charge in [0, 0.05) is 58.4 Å². The van der Waals surface area contributed by atoms with Gasteiger partial charge in [0.2, 0.25) is 59.1 Å². The fourth-order valence-corrected chi connectivity index (χ4v) is 9.98. The Morgan fingerprint density at radius 1 is 0.419 bits per heavy atom. The van der Waals surface area contributed by atoms with E-state index < -0.39 is 101 Å². The summed E-state index contributed by atoms with van der Waals surface area (Å²) in [5.41, 5.74) is 51.7. The Bertz CT molecular complexity index is 3110. The summed E-state index contributed by atoms with van der Waals surface area (Å²) in [6, 6.07) is 10.2. The second-order valence-electron chi connectivity index (χ2n) is 22.5. The topological polar surface area (TPSA) is 563 Å². The Morgan fingerprint density at radius 3 is 1.20 bits per heavy atom. The van der Waals surface area contributed by atoms with E-state index in [1.165, 1.54) is 0 Å². The number of hydrogen-bond acceptors (Lipinski definition) is 14. The first-order valence-electron chi connectivity index (χ1n) is 31.1. The zero-order chi connectivity index (χ0) is 68.2. The lowest BCUT2D eigenvalue weighted by Gasteiger charge is -2.28. The van der Waals surface area contributed by atoms with Crippen LogP contribution in [0.3, 0.4) is 0 Å². The predicted molar refractivity (Wildman–Crippen MR) is 353 cm³/mol. The molecule has 10 amide bonds. The summed E-state index contributed by atoms with van der Waals surface area (Å²) in [5.74, 6) is -8.82. The highest BCUT2D eigenvalue weighted by molar-refractivity contribution is 5.99. The molecule has 0 saturated carbocycles. The minimum atomic E-state index is -1.60. The molecule has 508 valence electrons. The molecule has 0 radical (unpaired) electrons. The summed E-state index contributed by atoms with van der Waals surface area (Å²) in [5, 5.41) is 26.3. The molecular formula is C61H94N22O10. The van der Waals surface area contributed by atoms with Crippen LogP contribution < -0.4 is 99.5 Å². The number of aliphatic imine (C=N–C) groups is 4. The Balaban J connectivity index is 1.89. The number of carbonyl (C=O) groups is 10. The highest BCUT2D eigenvalue weighted by atomic mass is 16.2. The second kappa shape index (κ2) is 40.4.